The first kappa shape index (κ1) is 13.8. The summed E-state index contributed by atoms with van der Waals surface area (Å²) in [5.74, 6) is -1.41. The zero-order chi connectivity index (χ0) is 14.4. The van der Waals surface area contributed by atoms with Crippen molar-refractivity contribution in [2.24, 2.45) is 23.7 Å². The molecule has 3 N–H and O–H groups in total. The van der Waals surface area contributed by atoms with Crippen molar-refractivity contribution in [3.63, 3.8) is 0 Å². The highest BCUT2D eigenvalue weighted by Crippen LogP contribution is 2.50. The van der Waals surface area contributed by atoms with Gasteiger partial charge in [0, 0.05) is 19.0 Å². The number of hydrogen-bond acceptors (Lipinski definition) is 4. The van der Waals surface area contributed by atoms with Gasteiger partial charge in [0.05, 0.1) is 12.2 Å². The Morgan fingerprint density at radius 2 is 1.50 bits per heavy atom. The lowest BCUT2D eigenvalue weighted by molar-refractivity contribution is -0.162. The number of hydrogen-bond donors (Lipinski definition) is 3. The maximum atomic E-state index is 12.6. The first-order chi connectivity index (χ1) is 9.49. The predicted molar refractivity (Wildman–Crippen MR) is 68.7 cm³/mol. The van der Waals surface area contributed by atoms with Crippen LogP contribution in [-0.4, -0.2) is 57.4 Å². The second-order valence-electron chi connectivity index (χ2n) is 6.45. The third-order valence-electron chi connectivity index (χ3n) is 5.38. The summed E-state index contributed by atoms with van der Waals surface area (Å²) < 4.78 is 0. The molecule has 0 aromatic carbocycles. The predicted octanol–water partition coefficient (Wildman–Crippen LogP) is -0.313. The van der Waals surface area contributed by atoms with Crippen molar-refractivity contribution < 1.29 is 24.9 Å². The lowest BCUT2D eigenvalue weighted by Crippen LogP contribution is -2.57. The van der Waals surface area contributed by atoms with Gasteiger partial charge in [-0.1, -0.05) is 0 Å². The van der Waals surface area contributed by atoms with Crippen molar-refractivity contribution in [3.8, 4) is 0 Å². The Morgan fingerprint density at radius 3 is 2.00 bits per heavy atom. The van der Waals surface area contributed by atoms with Crippen LogP contribution in [0, 0.1) is 23.7 Å². The summed E-state index contributed by atoms with van der Waals surface area (Å²) in [6.07, 6.45) is 1.88. The number of carbonyl (C=O) groups is 2. The molecule has 3 rings (SSSR count). The number of carboxylic acids is 1. The Balaban J connectivity index is 1.73. The average Bonchev–Trinajstić information content (AvgIpc) is 3.00. The van der Waals surface area contributed by atoms with Gasteiger partial charge in [0.15, 0.2) is 0 Å². The third-order valence-corrected chi connectivity index (χ3v) is 5.38. The molecule has 0 aromatic rings. The number of β-amino-alcohol motifs (C(OH)–C–C–N with tert-alkyl or cyclic N) is 1. The Labute approximate surface area is 117 Å². The molecule has 2 saturated carbocycles. The Hall–Kier alpha value is -1.14. The SMILES string of the molecule is O=C(O)C1CN(C(=O)C2C3CCC2CC3)CC(O)C1O. The zero-order valence-electron chi connectivity index (χ0n) is 11.3. The number of rotatable bonds is 2. The van der Waals surface area contributed by atoms with Crippen molar-refractivity contribution in [1.82, 2.24) is 4.90 Å². The van der Waals surface area contributed by atoms with Crippen molar-refractivity contribution in [2.45, 2.75) is 37.9 Å². The molecule has 1 heterocycles. The highest BCUT2D eigenvalue weighted by atomic mass is 16.4. The number of nitrogens with zero attached hydrogens (tertiary/aromatic N) is 1. The van der Waals surface area contributed by atoms with Gasteiger partial charge in [-0.15, -0.1) is 0 Å². The number of aliphatic hydroxyl groups excluding tert-OH is 2. The molecular weight excluding hydrogens is 262 g/mol. The molecule has 20 heavy (non-hydrogen) atoms. The Kier molecular flexibility index (Phi) is 3.46. The number of carboxylic acid groups (broad SMARTS) is 1. The fraction of sp³-hybridized carbons (Fsp3) is 0.857. The fourth-order valence-corrected chi connectivity index (χ4v) is 4.29. The minimum absolute atomic E-state index is 0.00231. The quantitative estimate of drug-likeness (QED) is 0.645. The van der Waals surface area contributed by atoms with Gasteiger partial charge in [0.1, 0.15) is 5.92 Å². The van der Waals surface area contributed by atoms with Crippen LogP contribution in [0.25, 0.3) is 0 Å². The molecule has 0 aromatic heterocycles. The van der Waals surface area contributed by atoms with Crippen molar-refractivity contribution in [1.29, 1.82) is 0 Å². The summed E-state index contributed by atoms with van der Waals surface area (Å²) in [6.45, 7) is 0.0437. The Bertz CT molecular complexity index is 406. The van der Waals surface area contributed by atoms with E-state index in [1.165, 1.54) is 4.90 Å². The fourth-order valence-electron chi connectivity index (χ4n) is 4.29. The van der Waals surface area contributed by atoms with E-state index in [4.69, 9.17) is 5.11 Å². The maximum Gasteiger partial charge on any atom is 0.311 e. The van der Waals surface area contributed by atoms with E-state index in [9.17, 15) is 19.8 Å². The van der Waals surface area contributed by atoms with Crippen molar-refractivity contribution >= 4 is 11.9 Å². The summed E-state index contributed by atoms with van der Waals surface area (Å²) in [5, 5.41) is 28.6. The van der Waals surface area contributed by atoms with E-state index < -0.39 is 24.1 Å². The van der Waals surface area contributed by atoms with Gasteiger partial charge < -0.3 is 20.2 Å². The van der Waals surface area contributed by atoms with E-state index in [0.29, 0.717) is 11.8 Å². The molecule has 0 spiro atoms. The monoisotopic (exact) mass is 283 g/mol. The van der Waals surface area contributed by atoms with Gasteiger partial charge in [0.25, 0.3) is 0 Å². The molecule has 2 bridgehead atoms. The summed E-state index contributed by atoms with van der Waals surface area (Å²) in [6, 6.07) is 0. The molecule has 1 amide bonds. The summed E-state index contributed by atoms with van der Waals surface area (Å²) in [7, 11) is 0. The van der Waals surface area contributed by atoms with Crippen LogP contribution in [-0.2, 0) is 9.59 Å². The Morgan fingerprint density at radius 1 is 0.950 bits per heavy atom. The number of fused-ring (bicyclic) bond motifs is 2. The molecule has 1 aliphatic heterocycles. The lowest BCUT2D eigenvalue weighted by Gasteiger charge is -2.39. The highest BCUT2D eigenvalue weighted by Gasteiger charge is 2.49. The van der Waals surface area contributed by atoms with Crippen molar-refractivity contribution in [3.05, 3.63) is 0 Å². The van der Waals surface area contributed by atoms with Gasteiger partial charge in [-0.3, -0.25) is 9.59 Å². The zero-order valence-corrected chi connectivity index (χ0v) is 11.3. The van der Waals surface area contributed by atoms with Crippen LogP contribution in [0.2, 0.25) is 0 Å². The standard InChI is InChI=1S/C14H21NO5/c16-10-6-15(5-9(12(10)17)14(19)20)13(18)11-7-1-2-8(11)4-3-7/h7-12,16-17H,1-6H2,(H,19,20). The number of amides is 1. The maximum absolute atomic E-state index is 12.6. The highest BCUT2D eigenvalue weighted by molar-refractivity contribution is 5.81. The first-order valence-corrected chi connectivity index (χ1v) is 7.36. The number of aliphatic carboxylic acids is 1. The minimum Gasteiger partial charge on any atom is -0.481 e. The second-order valence-corrected chi connectivity index (χ2v) is 6.45. The summed E-state index contributed by atoms with van der Waals surface area (Å²) >= 11 is 0. The molecule has 3 unspecified atom stereocenters. The average molecular weight is 283 g/mol. The van der Waals surface area contributed by atoms with Crippen LogP contribution in [0.5, 0.6) is 0 Å². The van der Waals surface area contributed by atoms with Gasteiger partial charge >= 0.3 is 5.97 Å². The molecule has 3 aliphatic rings. The van der Waals surface area contributed by atoms with E-state index >= 15 is 0 Å². The number of carbonyl (C=O) groups excluding carboxylic acids is 1. The summed E-state index contributed by atoms with van der Waals surface area (Å²) in [4.78, 5) is 25.2. The lowest BCUT2D eigenvalue weighted by atomic mass is 9.89. The van der Waals surface area contributed by atoms with Gasteiger partial charge in [-0.05, 0) is 37.5 Å². The second kappa shape index (κ2) is 5.00. The van der Waals surface area contributed by atoms with E-state index in [1.54, 1.807) is 0 Å². The summed E-state index contributed by atoms with van der Waals surface area (Å²) in [5.41, 5.74) is 0. The molecule has 3 fully saturated rings. The normalized spacial score (nSPS) is 43.8. The van der Waals surface area contributed by atoms with Gasteiger partial charge in [-0.2, -0.15) is 0 Å². The van der Waals surface area contributed by atoms with Crippen LogP contribution in [0.3, 0.4) is 0 Å². The van der Waals surface area contributed by atoms with E-state index in [1.807, 2.05) is 0 Å². The molecule has 6 heteroatoms. The molecular formula is C14H21NO5. The minimum atomic E-state index is -1.29. The van der Waals surface area contributed by atoms with Crippen LogP contribution in [0.15, 0.2) is 0 Å². The van der Waals surface area contributed by atoms with E-state index in [2.05, 4.69) is 0 Å². The number of likely N-dealkylation sites (tertiary alicyclic amines) is 1. The molecule has 3 atom stereocenters. The first-order valence-electron chi connectivity index (χ1n) is 7.36. The van der Waals surface area contributed by atoms with Crippen molar-refractivity contribution in [2.75, 3.05) is 13.1 Å². The topological polar surface area (TPSA) is 98.1 Å². The van der Waals surface area contributed by atoms with E-state index in [-0.39, 0.29) is 24.9 Å². The van der Waals surface area contributed by atoms with Gasteiger partial charge in [-0.25, -0.2) is 0 Å². The van der Waals surface area contributed by atoms with Crippen LogP contribution < -0.4 is 0 Å². The molecule has 6 nitrogen and oxygen atoms in total. The number of aliphatic hydroxyl groups is 2. The van der Waals surface area contributed by atoms with Crippen LogP contribution >= 0.6 is 0 Å². The molecule has 1 saturated heterocycles. The van der Waals surface area contributed by atoms with E-state index in [0.717, 1.165) is 25.7 Å². The van der Waals surface area contributed by atoms with Crippen LogP contribution in [0.1, 0.15) is 25.7 Å². The largest absolute Gasteiger partial charge is 0.481 e. The third kappa shape index (κ3) is 2.11. The molecule has 0 radical (unpaired) electrons. The van der Waals surface area contributed by atoms with Gasteiger partial charge in [0.2, 0.25) is 5.91 Å². The number of piperidine rings is 1. The molecule has 2 aliphatic carbocycles. The molecule has 112 valence electrons. The smallest absolute Gasteiger partial charge is 0.311 e. The van der Waals surface area contributed by atoms with Crippen LogP contribution in [0.4, 0.5) is 0 Å².